The lowest BCUT2D eigenvalue weighted by atomic mass is 10.2. The van der Waals surface area contributed by atoms with Crippen LogP contribution in [0, 0.1) is 6.92 Å². The first-order valence-corrected chi connectivity index (χ1v) is 10.0. The second-order valence-corrected chi connectivity index (χ2v) is 7.14. The molecule has 0 fully saturated rings. The van der Waals surface area contributed by atoms with E-state index in [1.807, 2.05) is 29.8 Å². The Kier molecular flexibility index (Phi) is 6.99. The Balaban J connectivity index is 1.63. The molecule has 0 saturated heterocycles. The minimum absolute atomic E-state index is 0.445. The Hall–Kier alpha value is -2.20. The van der Waals surface area contributed by atoms with Gasteiger partial charge in [-0.15, -0.1) is 22.7 Å². The topological polar surface area (TPSA) is 78.7 Å². The summed E-state index contributed by atoms with van der Waals surface area (Å²) in [7, 11) is 1.64. The van der Waals surface area contributed by atoms with Gasteiger partial charge >= 0.3 is 0 Å². The Bertz CT molecular complexity index is 894. The molecule has 142 valence electrons. The van der Waals surface area contributed by atoms with Gasteiger partial charge in [-0.1, -0.05) is 0 Å². The quantitative estimate of drug-likeness (QED) is 0.375. The molecule has 3 aromatic heterocycles. The predicted molar refractivity (Wildman–Crippen MR) is 109 cm³/mol. The van der Waals surface area contributed by atoms with Crippen molar-refractivity contribution in [1.29, 1.82) is 0 Å². The van der Waals surface area contributed by atoms with Crippen molar-refractivity contribution in [3.8, 4) is 27.8 Å². The number of nitrogens with zero attached hydrogens (tertiary/aromatic N) is 4. The second-order valence-electron chi connectivity index (χ2n) is 5.45. The zero-order valence-electron chi connectivity index (χ0n) is 15.2. The molecule has 27 heavy (non-hydrogen) atoms. The number of hydrogen-bond acceptors (Lipinski definition) is 9. The lowest BCUT2D eigenvalue weighted by molar-refractivity contribution is 0.0536. The van der Waals surface area contributed by atoms with Crippen LogP contribution in [0.2, 0.25) is 0 Å². The van der Waals surface area contributed by atoms with Gasteiger partial charge in [-0.25, -0.2) is 19.9 Å². The summed E-state index contributed by atoms with van der Waals surface area (Å²) in [6, 6.07) is 3.82. The van der Waals surface area contributed by atoms with Crippen LogP contribution in [0.1, 0.15) is 5.69 Å². The lowest BCUT2D eigenvalue weighted by Gasteiger charge is -2.08. The molecule has 3 aromatic rings. The maximum atomic E-state index is 5.63. The van der Waals surface area contributed by atoms with Crippen LogP contribution < -0.4 is 4.74 Å². The van der Waals surface area contributed by atoms with Crippen LogP contribution in [0.5, 0.6) is 5.88 Å². The average molecular weight is 405 g/mol. The maximum Gasteiger partial charge on any atom is 0.213 e. The number of pyridine rings is 1. The minimum atomic E-state index is 0.445. The molecular formula is C18H20N4O3S2. The van der Waals surface area contributed by atoms with Crippen molar-refractivity contribution in [2.75, 3.05) is 33.5 Å². The number of hydrogen-bond donors (Lipinski definition) is 0. The van der Waals surface area contributed by atoms with Crippen molar-refractivity contribution >= 4 is 34.5 Å². The smallest absolute Gasteiger partial charge is 0.213 e. The van der Waals surface area contributed by atoms with Gasteiger partial charge in [0.05, 0.1) is 25.5 Å². The van der Waals surface area contributed by atoms with Crippen molar-refractivity contribution in [1.82, 2.24) is 15.0 Å². The second kappa shape index (κ2) is 9.65. The molecule has 3 rings (SSSR count). The van der Waals surface area contributed by atoms with Crippen LogP contribution >= 0.6 is 22.7 Å². The van der Waals surface area contributed by atoms with Gasteiger partial charge in [-0.3, -0.25) is 0 Å². The highest BCUT2D eigenvalue weighted by atomic mass is 32.1. The molecule has 0 unspecified atom stereocenters. The Morgan fingerprint density at radius 2 is 1.78 bits per heavy atom. The molecule has 7 nitrogen and oxygen atoms in total. The van der Waals surface area contributed by atoms with Crippen LogP contribution in [0.4, 0.5) is 5.13 Å². The van der Waals surface area contributed by atoms with E-state index in [1.165, 1.54) is 11.3 Å². The van der Waals surface area contributed by atoms with Gasteiger partial charge in [0.25, 0.3) is 0 Å². The normalized spacial score (nSPS) is 10.9. The monoisotopic (exact) mass is 404 g/mol. The highest BCUT2D eigenvalue weighted by Crippen LogP contribution is 2.32. The van der Waals surface area contributed by atoms with E-state index in [0.29, 0.717) is 37.4 Å². The molecule has 0 atom stereocenters. The van der Waals surface area contributed by atoms with Gasteiger partial charge in [-0.05, 0) is 19.7 Å². The van der Waals surface area contributed by atoms with E-state index >= 15 is 0 Å². The van der Waals surface area contributed by atoms with E-state index in [1.54, 1.807) is 18.4 Å². The van der Waals surface area contributed by atoms with Crippen LogP contribution in [0.25, 0.3) is 22.0 Å². The first kappa shape index (κ1) is 19.6. The van der Waals surface area contributed by atoms with Gasteiger partial charge in [-0.2, -0.15) is 0 Å². The van der Waals surface area contributed by atoms with Gasteiger partial charge in [0.1, 0.15) is 23.0 Å². The van der Waals surface area contributed by atoms with Crippen LogP contribution in [-0.2, 0) is 9.47 Å². The summed E-state index contributed by atoms with van der Waals surface area (Å²) in [6.07, 6.45) is 0. The van der Waals surface area contributed by atoms with E-state index in [-0.39, 0.29) is 0 Å². The van der Waals surface area contributed by atoms with Crippen molar-refractivity contribution in [3.05, 3.63) is 28.6 Å². The van der Waals surface area contributed by atoms with Crippen molar-refractivity contribution in [3.63, 3.8) is 0 Å². The number of thiazole rings is 2. The molecule has 0 aromatic carbocycles. The van der Waals surface area contributed by atoms with Gasteiger partial charge in [0, 0.05) is 29.5 Å². The SMILES string of the molecule is C=Nc1nc(-c2csc(-c3ccc(OCCOCCOC)nc3C)n2)cs1. The fourth-order valence-electron chi connectivity index (χ4n) is 2.26. The molecule has 9 heteroatoms. The molecular weight excluding hydrogens is 384 g/mol. The molecule has 0 N–H and O–H groups in total. The van der Waals surface area contributed by atoms with Crippen LogP contribution in [-0.4, -0.2) is 55.2 Å². The summed E-state index contributed by atoms with van der Waals surface area (Å²) in [5.74, 6) is 0.574. The Labute approximate surface area is 165 Å². The van der Waals surface area contributed by atoms with Gasteiger partial charge < -0.3 is 14.2 Å². The maximum absolute atomic E-state index is 5.63. The number of methoxy groups -OCH3 is 1. The number of aryl methyl sites for hydroxylation is 1. The molecule has 0 radical (unpaired) electrons. The summed E-state index contributed by atoms with van der Waals surface area (Å²) < 4.78 is 15.9. The van der Waals surface area contributed by atoms with Crippen LogP contribution in [0.15, 0.2) is 27.9 Å². The third-order valence-corrected chi connectivity index (χ3v) is 5.24. The number of aliphatic imine (C=N–C) groups is 1. The standard InChI is InChI=1S/C18H20N4O3S2/c1-12-13(4-5-16(20-12)25-9-8-24-7-6-23-3)17-21-14(10-26-17)15-11-27-18(19-2)22-15/h4-5,10-11H,2,6-9H2,1,3H3. The van der Waals surface area contributed by atoms with E-state index in [4.69, 9.17) is 14.2 Å². The predicted octanol–water partition coefficient (Wildman–Crippen LogP) is 4.01. The minimum Gasteiger partial charge on any atom is -0.475 e. The highest BCUT2D eigenvalue weighted by Gasteiger charge is 2.12. The van der Waals surface area contributed by atoms with Crippen molar-refractivity contribution < 1.29 is 14.2 Å². The summed E-state index contributed by atoms with van der Waals surface area (Å²) >= 11 is 3.00. The van der Waals surface area contributed by atoms with Gasteiger partial charge in [0.15, 0.2) is 0 Å². The third-order valence-electron chi connectivity index (χ3n) is 3.59. The number of aromatic nitrogens is 3. The first-order chi connectivity index (χ1) is 13.2. The average Bonchev–Trinajstić information content (AvgIpc) is 3.33. The number of ether oxygens (including phenoxy) is 3. The fourth-order valence-corrected chi connectivity index (χ4v) is 3.77. The Morgan fingerprint density at radius 3 is 2.52 bits per heavy atom. The zero-order valence-corrected chi connectivity index (χ0v) is 16.8. The summed E-state index contributed by atoms with van der Waals surface area (Å²) in [6.45, 7) is 7.52. The van der Waals surface area contributed by atoms with E-state index in [2.05, 4.69) is 26.7 Å². The summed E-state index contributed by atoms with van der Waals surface area (Å²) in [5, 5.41) is 5.45. The van der Waals surface area contributed by atoms with E-state index in [0.717, 1.165) is 27.7 Å². The molecule has 0 bridgehead atoms. The Morgan fingerprint density at radius 1 is 1.00 bits per heavy atom. The molecule has 0 aliphatic heterocycles. The summed E-state index contributed by atoms with van der Waals surface area (Å²) in [4.78, 5) is 17.4. The van der Waals surface area contributed by atoms with Crippen LogP contribution in [0.3, 0.4) is 0 Å². The number of rotatable bonds is 10. The summed E-state index contributed by atoms with van der Waals surface area (Å²) in [5.41, 5.74) is 3.48. The van der Waals surface area contributed by atoms with Crippen molar-refractivity contribution in [2.24, 2.45) is 4.99 Å². The molecule has 3 heterocycles. The van der Waals surface area contributed by atoms with E-state index < -0.39 is 0 Å². The first-order valence-electron chi connectivity index (χ1n) is 8.27. The highest BCUT2D eigenvalue weighted by molar-refractivity contribution is 7.14. The molecule has 0 aliphatic carbocycles. The fraction of sp³-hybridized carbons (Fsp3) is 0.333. The largest absolute Gasteiger partial charge is 0.475 e. The zero-order chi connectivity index (χ0) is 19.1. The lowest BCUT2D eigenvalue weighted by Crippen LogP contribution is -2.10. The van der Waals surface area contributed by atoms with E-state index in [9.17, 15) is 0 Å². The molecule has 0 spiro atoms. The molecule has 0 saturated carbocycles. The molecule has 0 amide bonds. The molecule has 0 aliphatic rings. The van der Waals surface area contributed by atoms with Gasteiger partial charge in [0.2, 0.25) is 11.0 Å². The third kappa shape index (κ3) is 5.16. The van der Waals surface area contributed by atoms with Crippen molar-refractivity contribution in [2.45, 2.75) is 6.92 Å².